The van der Waals surface area contributed by atoms with Crippen LogP contribution in [0.4, 0.5) is 30.2 Å². The molecule has 0 aliphatic carbocycles. The maximum absolute atomic E-state index is 13.8. The number of rotatable bonds is 6. The first-order chi connectivity index (χ1) is 17.8. The zero-order valence-corrected chi connectivity index (χ0v) is 18.8. The summed E-state index contributed by atoms with van der Waals surface area (Å²) >= 11 is 6.52. The van der Waals surface area contributed by atoms with Crippen LogP contribution in [0.2, 0.25) is 5.02 Å². The fourth-order valence-electron chi connectivity index (χ4n) is 3.55. The van der Waals surface area contributed by atoms with Gasteiger partial charge in [0.15, 0.2) is 5.82 Å². The number of H-pyrrole nitrogens is 1. The molecule has 0 radical (unpaired) electrons. The smallest absolute Gasteiger partial charge is 0.249 e. The number of benzene rings is 2. The van der Waals surface area contributed by atoms with Crippen LogP contribution in [-0.4, -0.2) is 25.4 Å². The van der Waals surface area contributed by atoms with Gasteiger partial charge in [0.05, 0.1) is 47.3 Å². The number of aromatic nitrogens is 5. The molecule has 0 aliphatic rings. The van der Waals surface area contributed by atoms with Gasteiger partial charge < -0.3 is 10.6 Å². The second-order valence-corrected chi connectivity index (χ2v) is 7.90. The van der Waals surface area contributed by atoms with Crippen molar-refractivity contribution in [3.8, 4) is 6.07 Å². The molecule has 3 aromatic heterocycles. The molecular weight excluding hydrogens is 493 g/mol. The van der Waals surface area contributed by atoms with Gasteiger partial charge in [0.2, 0.25) is 5.95 Å². The highest BCUT2D eigenvalue weighted by Crippen LogP contribution is 2.36. The van der Waals surface area contributed by atoms with Crippen molar-refractivity contribution in [3.63, 3.8) is 0 Å². The zero-order valence-electron chi connectivity index (χ0n) is 19.0. The molecular formula is C24H14ClF3N8. The van der Waals surface area contributed by atoms with Gasteiger partial charge in [-0.05, 0) is 29.8 Å². The summed E-state index contributed by atoms with van der Waals surface area (Å²) < 4.78 is 49.9. The fraction of sp³-hybridized carbons (Fsp3) is 0.0417. The molecule has 0 spiro atoms. The van der Waals surface area contributed by atoms with Gasteiger partial charge in [-0.1, -0.05) is 23.7 Å². The Morgan fingerprint density at radius 3 is 2.53 bits per heavy atom. The van der Waals surface area contributed by atoms with Gasteiger partial charge in [-0.25, -0.2) is 13.8 Å². The lowest BCUT2D eigenvalue weighted by Gasteiger charge is -2.20. The Bertz CT molecular complexity index is 1660. The van der Waals surface area contributed by atoms with E-state index in [0.717, 1.165) is 12.3 Å². The van der Waals surface area contributed by atoms with E-state index in [4.69, 9.17) is 11.6 Å². The standard InChI is InChI=1S/C24H14ClF3N8/c25-18-6-15(33-22(20-11-32-36-35-20)12-1-3-14(26)4-2-12)5-17-21(13(8-29)9-30-23(17)18)34-16-7-19(27)24(28)31-10-16/h1-7,9-11,22,33H,(H,30,34)(H,32,35,36)/i22D. The molecule has 0 aliphatic heterocycles. The Morgan fingerprint density at radius 2 is 1.83 bits per heavy atom. The third-order valence-corrected chi connectivity index (χ3v) is 5.47. The predicted octanol–water partition coefficient (Wildman–Crippen LogP) is 5.64. The summed E-state index contributed by atoms with van der Waals surface area (Å²) in [6.07, 6.45) is 3.72. The average molecular weight is 508 g/mol. The molecule has 1 unspecified atom stereocenters. The lowest BCUT2D eigenvalue weighted by molar-refractivity contribution is 0.480. The quantitative estimate of drug-likeness (QED) is 0.255. The predicted molar refractivity (Wildman–Crippen MR) is 127 cm³/mol. The Morgan fingerprint density at radius 1 is 1.03 bits per heavy atom. The lowest BCUT2D eigenvalue weighted by atomic mass is 10.0. The van der Waals surface area contributed by atoms with Gasteiger partial charge in [-0.2, -0.15) is 25.1 Å². The summed E-state index contributed by atoms with van der Waals surface area (Å²) in [5.41, 5.74) is 1.56. The summed E-state index contributed by atoms with van der Waals surface area (Å²) in [6.45, 7) is 0. The molecule has 3 N–H and O–H groups in total. The molecule has 5 aromatic rings. The van der Waals surface area contributed by atoms with Crippen molar-refractivity contribution in [2.45, 2.75) is 6.02 Å². The fourth-order valence-corrected chi connectivity index (χ4v) is 3.82. The molecule has 178 valence electrons. The van der Waals surface area contributed by atoms with Crippen molar-refractivity contribution in [1.29, 1.82) is 5.26 Å². The number of halogens is 4. The average Bonchev–Trinajstić information content (AvgIpc) is 3.43. The molecule has 0 fully saturated rings. The number of pyridine rings is 2. The number of hydrogen-bond donors (Lipinski definition) is 3. The monoisotopic (exact) mass is 507 g/mol. The lowest BCUT2D eigenvalue weighted by Crippen LogP contribution is -2.13. The SMILES string of the molecule is [2H]C(Nc1cc(Cl)c2ncc(C#N)c(Nc3cnc(F)c(F)c3)c2c1)(c1ccc(F)cc1)c1cn[nH]n1. The molecule has 5 rings (SSSR count). The van der Waals surface area contributed by atoms with E-state index in [1.54, 1.807) is 6.07 Å². The number of anilines is 3. The van der Waals surface area contributed by atoms with Crippen molar-refractivity contribution in [2.24, 2.45) is 0 Å². The largest absolute Gasteiger partial charge is 0.373 e. The molecule has 0 saturated carbocycles. The number of nitriles is 1. The van der Waals surface area contributed by atoms with Gasteiger partial charge in [-0.15, -0.1) is 0 Å². The third kappa shape index (κ3) is 4.49. The number of nitrogens with one attached hydrogen (secondary N) is 3. The van der Waals surface area contributed by atoms with Crippen molar-refractivity contribution < 1.29 is 14.5 Å². The van der Waals surface area contributed by atoms with Crippen molar-refractivity contribution in [1.82, 2.24) is 25.4 Å². The summed E-state index contributed by atoms with van der Waals surface area (Å²) in [5, 5.41) is 26.4. The summed E-state index contributed by atoms with van der Waals surface area (Å²) in [7, 11) is 0. The first-order valence-corrected chi connectivity index (χ1v) is 10.7. The van der Waals surface area contributed by atoms with Crippen LogP contribution in [-0.2, 0) is 0 Å². The third-order valence-electron chi connectivity index (χ3n) is 5.18. The van der Waals surface area contributed by atoms with E-state index in [-0.39, 0.29) is 27.7 Å². The van der Waals surface area contributed by atoms with Crippen LogP contribution < -0.4 is 10.6 Å². The van der Waals surface area contributed by atoms with E-state index < -0.39 is 23.6 Å². The molecule has 12 heteroatoms. The van der Waals surface area contributed by atoms with E-state index in [0.29, 0.717) is 22.2 Å². The molecule has 0 bridgehead atoms. The van der Waals surface area contributed by atoms with E-state index in [9.17, 15) is 19.8 Å². The van der Waals surface area contributed by atoms with Crippen LogP contribution in [0.1, 0.15) is 24.2 Å². The van der Waals surface area contributed by atoms with Gasteiger partial charge in [0, 0.05) is 23.3 Å². The summed E-state index contributed by atoms with van der Waals surface area (Å²) in [4.78, 5) is 7.61. The van der Waals surface area contributed by atoms with Gasteiger partial charge in [0.25, 0.3) is 0 Å². The van der Waals surface area contributed by atoms with Crippen LogP contribution in [0.25, 0.3) is 10.9 Å². The van der Waals surface area contributed by atoms with E-state index in [1.165, 1.54) is 42.7 Å². The minimum absolute atomic E-state index is 0.0844. The molecule has 2 aromatic carbocycles. The second kappa shape index (κ2) is 9.52. The maximum atomic E-state index is 13.8. The Balaban J connectivity index is 1.65. The molecule has 0 saturated heterocycles. The maximum Gasteiger partial charge on any atom is 0.249 e. The number of hydrogen-bond acceptors (Lipinski definition) is 7. The number of fused-ring (bicyclic) bond motifs is 1. The summed E-state index contributed by atoms with van der Waals surface area (Å²) in [6, 6.07) is 9.59. The highest BCUT2D eigenvalue weighted by atomic mass is 35.5. The van der Waals surface area contributed by atoms with Crippen LogP contribution >= 0.6 is 11.6 Å². The Kier molecular flexibility index (Phi) is 5.77. The van der Waals surface area contributed by atoms with E-state index in [1.807, 2.05) is 6.07 Å². The normalized spacial score (nSPS) is 13.0. The molecule has 3 heterocycles. The van der Waals surface area contributed by atoms with Crippen molar-refractivity contribution in [3.05, 3.63) is 100 Å². The van der Waals surface area contributed by atoms with Crippen LogP contribution in [0, 0.1) is 28.9 Å². The van der Waals surface area contributed by atoms with Gasteiger partial charge in [0.1, 0.15) is 17.6 Å². The second-order valence-electron chi connectivity index (χ2n) is 7.50. The molecule has 8 nitrogen and oxygen atoms in total. The number of nitrogens with zero attached hydrogens (tertiary/aromatic N) is 5. The number of aromatic amines is 1. The van der Waals surface area contributed by atoms with Gasteiger partial charge >= 0.3 is 0 Å². The van der Waals surface area contributed by atoms with Gasteiger partial charge in [-0.3, -0.25) is 4.98 Å². The van der Waals surface area contributed by atoms with Crippen LogP contribution in [0.3, 0.4) is 0 Å². The van der Waals surface area contributed by atoms with E-state index in [2.05, 4.69) is 36.0 Å². The Hall–Kier alpha value is -4.69. The van der Waals surface area contributed by atoms with Crippen LogP contribution in [0.5, 0.6) is 0 Å². The first-order valence-electron chi connectivity index (χ1n) is 10.8. The van der Waals surface area contributed by atoms with Crippen molar-refractivity contribution >= 4 is 39.6 Å². The first kappa shape index (κ1) is 21.8. The minimum Gasteiger partial charge on any atom is -0.373 e. The Labute approximate surface area is 208 Å². The summed E-state index contributed by atoms with van der Waals surface area (Å²) in [5.74, 6) is -2.91. The van der Waals surface area contributed by atoms with Crippen LogP contribution in [0.15, 0.2) is 61.1 Å². The molecule has 1 atom stereocenters. The minimum atomic E-state index is -1.73. The molecule has 36 heavy (non-hydrogen) atoms. The van der Waals surface area contributed by atoms with E-state index >= 15 is 0 Å². The topological polar surface area (TPSA) is 115 Å². The molecule has 0 amide bonds. The highest BCUT2D eigenvalue weighted by Gasteiger charge is 2.20. The van der Waals surface area contributed by atoms with Crippen molar-refractivity contribution in [2.75, 3.05) is 10.6 Å². The zero-order chi connectivity index (χ0) is 26.2. The highest BCUT2D eigenvalue weighted by molar-refractivity contribution is 6.36.